The second kappa shape index (κ2) is 4.25. The Bertz CT molecular complexity index is 385. The number of likely N-dealkylation sites (tertiary alicyclic amines) is 1. The van der Waals surface area contributed by atoms with E-state index in [2.05, 4.69) is 4.98 Å². The Kier molecular flexibility index (Phi) is 2.96. The number of hydrogen-bond donors (Lipinski definition) is 1. The van der Waals surface area contributed by atoms with Crippen molar-refractivity contribution in [2.45, 2.75) is 19.4 Å². The molecule has 2 unspecified atom stereocenters. The molecule has 0 spiro atoms. The van der Waals surface area contributed by atoms with Crippen LogP contribution in [0.2, 0.25) is 0 Å². The van der Waals surface area contributed by atoms with Gasteiger partial charge in [0.05, 0.1) is 12.5 Å². The lowest BCUT2D eigenvalue weighted by Crippen LogP contribution is -2.33. The molecule has 88 valence electrons. The first-order valence-corrected chi connectivity index (χ1v) is 5.60. The number of aromatic nitrogens is 2. The van der Waals surface area contributed by atoms with Crippen LogP contribution in [0.3, 0.4) is 0 Å². The van der Waals surface area contributed by atoms with Gasteiger partial charge in [-0.3, -0.25) is 4.79 Å². The Morgan fingerprint density at radius 3 is 2.94 bits per heavy atom. The molecule has 1 aromatic heterocycles. The summed E-state index contributed by atoms with van der Waals surface area (Å²) < 4.78 is 1.75. The van der Waals surface area contributed by atoms with Gasteiger partial charge in [0.25, 0.3) is 5.91 Å². The molecule has 1 amide bonds. The van der Waals surface area contributed by atoms with Crippen LogP contribution in [0.15, 0.2) is 12.5 Å². The van der Waals surface area contributed by atoms with Crippen LogP contribution in [-0.4, -0.2) is 39.5 Å². The maximum Gasteiger partial charge on any atom is 0.272 e. The minimum absolute atomic E-state index is 0.0585. The van der Waals surface area contributed by atoms with E-state index in [1.54, 1.807) is 17.1 Å². The van der Waals surface area contributed by atoms with Gasteiger partial charge < -0.3 is 15.2 Å². The lowest BCUT2D eigenvalue weighted by Gasteiger charge is -2.18. The highest BCUT2D eigenvalue weighted by Gasteiger charge is 2.29. The summed E-state index contributed by atoms with van der Waals surface area (Å²) in [5.41, 5.74) is 6.50. The standard InChI is InChI=1S/C11H18N4O/c1-8(12)9-3-4-15(6-9)11(16)10-5-13-7-14(10)2/h5,7-9H,3-4,6,12H2,1-2H3. The Labute approximate surface area is 95.2 Å². The summed E-state index contributed by atoms with van der Waals surface area (Å²) in [4.78, 5) is 17.9. The highest BCUT2D eigenvalue weighted by molar-refractivity contribution is 5.92. The molecule has 0 bridgehead atoms. The van der Waals surface area contributed by atoms with Crippen molar-refractivity contribution in [3.63, 3.8) is 0 Å². The Hall–Kier alpha value is -1.36. The zero-order valence-corrected chi connectivity index (χ0v) is 9.76. The van der Waals surface area contributed by atoms with Gasteiger partial charge in [-0.25, -0.2) is 4.98 Å². The SMILES string of the molecule is CC(N)C1CCN(C(=O)c2cncn2C)C1. The predicted molar refractivity (Wildman–Crippen MR) is 60.9 cm³/mol. The molecule has 5 heteroatoms. The molecule has 5 nitrogen and oxygen atoms in total. The number of rotatable bonds is 2. The van der Waals surface area contributed by atoms with Crippen molar-refractivity contribution in [3.05, 3.63) is 18.2 Å². The van der Waals surface area contributed by atoms with Crippen molar-refractivity contribution < 1.29 is 4.79 Å². The van der Waals surface area contributed by atoms with Crippen LogP contribution in [0.5, 0.6) is 0 Å². The summed E-state index contributed by atoms with van der Waals surface area (Å²) >= 11 is 0. The van der Waals surface area contributed by atoms with Crippen molar-refractivity contribution in [2.24, 2.45) is 18.7 Å². The number of carbonyl (C=O) groups is 1. The van der Waals surface area contributed by atoms with E-state index < -0.39 is 0 Å². The number of carbonyl (C=O) groups excluding carboxylic acids is 1. The van der Waals surface area contributed by atoms with Gasteiger partial charge in [0.15, 0.2) is 0 Å². The van der Waals surface area contributed by atoms with Crippen LogP contribution in [0.25, 0.3) is 0 Å². The smallest absolute Gasteiger partial charge is 0.272 e. The average Bonchev–Trinajstić information content (AvgIpc) is 2.84. The van der Waals surface area contributed by atoms with Gasteiger partial charge in [-0.1, -0.05) is 0 Å². The summed E-state index contributed by atoms with van der Waals surface area (Å²) in [5, 5.41) is 0. The van der Waals surface area contributed by atoms with Crippen LogP contribution in [0.4, 0.5) is 0 Å². The molecule has 0 radical (unpaired) electrons. The molecule has 16 heavy (non-hydrogen) atoms. The summed E-state index contributed by atoms with van der Waals surface area (Å²) in [6, 6.07) is 0.157. The van der Waals surface area contributed by atoms with Crippen LogP contribution in [0, 0.1) is 5.92 Å². The van der Waals surface area contributed by atoms with Gasteiger partial charge in [0.2, 0.25) is 0 Å². The highest BCUT2D eigenvalue weighted by atomic mass is 16.2. The van der Waals surface area contributed by atoms with Gasteiger partial charge in [-0.2, -0.15) is 0 Å². The molecule has 2 rings (SSSR count). The quantitative estimate of drug-likeness (QED) is 0.779. The zero-order valence-electron chi connectivity index (χ0n) is 9.76. The highest BCUT2D eigenvalue weighted by Crippen LogP contribution is 2.20. The molecule has 0 saturated carbocycles. The van der Waals surface area contributed by atoms with E-state index in [4.69, 9.17) is 5.73 Å². The first kappa shape index (κ1) is 11.1. The van der Waals surface area contributed by atoms with Crippen molar-refractivity contribution in [2.75, 3.05) is 13.1 Å². The summed E-state index contributed by atoms with van der Waals surface area (Å²) in [5.74, 6) is 0.486. The molecule has 2 atom stereocenters. The normalized spacial score (nSPS) is 22.4. The fourth-order valence-electron chi connectivity index (χ4n) is 2.13. The molecule has 2 heterocycles. The van der Waals surface area contributed by atoms with Gasteiger partial charge in [0, 0.05) is 26.2 Å². The van der Waals surface area contributed by atoms with E-state index in [9.17, 15) is 4.79 Å². The molecule has 1 aliphatic heterocycles. The molecular formula is C11H18N4O. The third kappa shape index (κ3) is 1.95. The molecule has 2 N–H and O–H groups in total. The number of imidazole rings is 1. The van der Waals surface area contributed by atoms with Crippen molar-refractivity contribution in [3.8, 4) is 0 Å². The molecule has 1 aliphatic rings. The lowest BCUT2D eigenvalue weighted by atomic mass is 10.0. The van der Waals surface area contributed by atoms with E-state index in [1.807, 2.05) is 18.9 Å². The Morgan fingerprint density at radius 1 is 1.69 bits per heavy atom. The molecule has 1 saturated heterocycles. The third-order valence-electron chi connectivity index (χ3n) is 3.29. The van der Waals surface area contributed by atoms with Crippen molar-refractivity contribution >= 4 is 5.91 Å². The van der Waals surface area contributed by atoms with Crippen molar-refractivity contribution in [1.29, 1.82) is 0 Å². The molecule has 0 aromatic carbocycles. The van der Waals surface area contributed by atoms with Gasteiger partial charge in [0.1, 0.15) is 5.69 Å². The van der Waals surface area contributed by atoms with E-state index in [0.29, 0.717) is 11.6 Å². The summed E-state index contributed by atoms with van der Waals surface area (Å²) in [6.07, 6.45) is 4.26. The van der Waals surface area contributed by atoms with Crippen LogP contribution in [-0.2, 0) is 7.05 Å². The first-order chi connectivity index (χ1) is 7.59. The molecular weight excluding hydrogens is 204 g/mol. The minimum atomic E-state index is 0.0585. The number of nitrogens with zero attached hydrogens (tertiary/aromatic N) is 3. The molecule has 1 aromatic rings. The second-order valence-electron chi connectivity index (χ2n) is 4.55. The van der Waals surface area contributed by atoms with Gasteiger partial charge in [-0.15, -0.1) is 0 Å². The Morgan fingerprint density at radius 2 is 2.44 bits per heavy atom. The fourth-order valence-corrected chi connectivity index (χ4v) is 2.13. The second-order valence-corrected chi connectivity index (χ2v) is 4.55. The topological polar surface area (TPSA) is 64.2 Å². The number of aryl methyl sites for hydroxylation is 1. The maximum atomic E-state index is 12.1. The third-order valence-corrected chi connectivity index (χ3v) is 3.29. The number of nitrogens with two attached hydrogens (primary N) is 1. The van der Waals surface area contributed by atoms with Gasteiger partial charge in [-0.05, 0) is 19.3 Å². The largest absolute Gasteiger partial charge is 0.337 e. The van der Waals surface area contributed by atoms with Crippen LogP contribution < -0.4 is 5.73 Å². The monoisotopic (exact) mass is 222 g/mol. The van der Waals surface area contributed by atoms with Crippen molar-refractivity contribution in [1.82, 2.24) is 14.5 Å². The number of amides is 1. The predicted octanol–water partition coefficient (Wildman–Crippen LogP) is 0.229. The van der Waals surface area contributed by atoms with Crippen LogP contribution >= 0.6 is 0 Å². The summed E-state index contributed by atoms with van der Waals surface area (Å²) in [7, 11) is 1.83. The van der Waals surface area contributed by atoms with E-state index in [1.165, 1.54) is 0 Å². The van der Waals surface area contributed by atoms with E-state index in [-0.39, 0.29) is 11.9 Å². The number of hydrogen-bond acceptors (Lipinski definition) is 3. The first-order valence-electron chi connectivity index (χ1n) is 5.60. The summed E-state index contributed by atoms with van der Waals surface area (Å²) in [6.45, 7) is 3.57. The van der Waals surface area contributed by atoms with Gasteiger partial charge >= 0.3 is 0 Å². The Balaban J connectivity index is 2.05. The average molecular weight is 222 g/mol. The molecule has 1 fully saturated rings. The maximum absolute atomic E-state index is 12.1. The lowest BCUT2D eigenvalue weighted by molar-refractivity contribution is 0.0776. The minimum Gasteiger partial charge on any atom is -0.337 e. The van der Waals surface area contributed by atoms with Crippen LogP contribution in [0.1, 0.15) is 23.8 Å². The van der Waals surface area contributed by atoms with E-state index >= 15 is 0 Å². The zero-order chi connectivity index (χ0) is 11.7. The fraction of sp³-hybridized carbons (Fsp3) is 0.636. The van der Waals surface area contributed by atoms with E-state index in [0.717, 1.165) is 19.5 Å². The molecule has 0 aliphatic carbocycles.